The van der Waals surface area contributed by atoms with E-state index in [2.05, 4.69) is 9.35 Å². The van der Waals surface area contributed by atoms with Crippen LogP contribution in [0.5, 0.6) is 0 Å². The minimum Gasteiger partial charge on any atom is -0.329 e. The highest BCUT2D eigenvalue weighted by molar-refractivity contribution is 7.89. The van der Waals surface area contributed by atoms with Gasteiger partial charge < -0.3 is 4.98 Å². The van der Waals surface area contributed by atoms with E-state index in [9.17, 15) is 26.3 Å². The van der Waals surface area contributed by atoms with Crippen molar-refractivity contribution in [3.63, 3.8) is 0 Å². The van der Waals surface area contributed by atoms with Gasteiger partial charge >= 0.3 is 11.0 Å². The molecule has 0 unspecified atom stereocenters. The van der Waals surface area contributed by atoms with E-state index in [0.717, 1.165) is 12.4 Å². The van der Waals surface area contributed by atoms with Gasteiger partial charge in [-0.25, -0.2) is 4.98 Å². The Kier molecular flexibility index (Phi) is 3.07. The summed E-state index contributed by atoms with van der Waals surface area (Å²) < 4.78 is 74.3. The number of H-pyrrole nitrogens is 1. The van der Waals surface area contributed by atoms with Crippen molar-refractivity contribution in [3.05, 3.63) is 12.4 Å². The van der Waals surface area contributed by atoms with E-state index in [1.165, 1.54) is 0 Å². The largest absolute Gasteiger partial charge is 0.460 e. The average Bonchev–Trinajstić information content (AvgIpc) is 2.46. The van der Waals surface area contributed by atoms with Gasteiger partial charge in [0.15, 0.2) is 0 Å². The molecule has 10 heteroatoms. The fourth-order valence-electron chi connectivity index (χ4n) is 0.628. The van der Waals surface area contributed by atoms with Crippen molar-refractivity contribution >= 4 is 16.6 Å². The molecule has 0 saturated heterocycles. The summed E-state index contributed by atoms with van der Waals surface area (Å²) in [5.41, 5.74) is -10.9. The van der Waals surface area contributed by atoms with E-state index in [-0.39, 0.29) is 0 Å². The van der Waals surface area contributed by atoms with Gasteiger partial charge in [-0.3, -0.25) is 0 Å². The topological polar surface area (TPSA) is 41.0 Å². The van der Waals surface area contributed by atoms with E-state index in [4.69, 9.17) is 0 Å². The molecule has 1 rings (SSSR count). The number of aromatic nitrogens is 2. The van der Waals surface area contributed by atoms with Gasteiger partial charge in [0.1, 0.15) is 10.7 Å². The maximum Gasteiger partial charge on any atom is 0.460 e. The summed E-state index contributed by atoms with van der Waals surface area (Å²) in [4.78, 5) is 5.21. The van der Waals surface area contributed by atoms with Gasteiger partial charge in [0.25, 0.3) is 0 Å². The zero-order valence-electron chi connectivity index (χ0n) is 6.73. The minimum atomic E-state index is -5.45. The van der Waals surface area contributed by atoms with Gasteiger partial charge in [0, 0.05) is 12.4 Å². The number of alkyl halides is 6. The maximum atomic E-state index is 12.0. The first-order valence-corrected chi connectivity index (χ1v) is 4.48. The predicted octanol–water partition coefficient (Wildman–Crippen LogP) is 2.88. The third-order valence-corrected chi connectivity index (χ3v) is 2.33. The first-order valence-electron chi connectivity index (χ1n) is 3.30. The second-order valence-electron chi connectivity index (χ2n) is 2.18. The highest BCUT2D eigenvalue weighted by Crippen LogP contribution is 2.36. The number of halogens is 6. The number of nitrogens with zero attached hydrogens (tertiary/aromatic N) is 2. The first kappa shape index (κ1) is 12.0. The van der Waals surface area contributed by atoms with Gasteiger partial charge in [0.05, 0.1) is 0 Å². The van der Waals surface area contributed by atoms with Gasteiger partial charge in [-0.05, 0) is 0 Å². The Morgan fingerprint density at radius 1 is 1.13 bits per heavy atom. The molecule has 0 aliphatic heterocycles. The van der Waals surface area contributed by atoms with Gasteiger partial charge in [0.2, 0.25) is 5.95 Å². The van der Waals surface area contributed by atoms with Crippen molar-refractivity contribution in [1.29, 1.82) is 0 Å². The molecule has 0 fully saturated rings. The molecule has 0 spiro atoms. The molecule has 0 amide bonds. The third-order valence-electron chi connectivity index (χ3n) is 1.10. The van der Waals surface area contributed by atoms with Crippen LogP contribution in [0.25, 0.3) is 0 Å². The summed E-state index contributed by atoms with van der Waals surface area (Å²) in [6, 6.07) is 0. The number of imidazole rings is 1. The number of hydrogen-bond acceptors (Lipinski definition) is 2. The van der Waals surface area contributed by atoms with Crippen molar-refractivity contribution < 1.29 is 26.3 Å². The minimum absolute atomic E-state index is 0.701. The van der Waals surface area contributed by atoms with Crippen LogP contribution in [-0.2, 0) is 10.7 Å². The van der Waals surface area contributed by atoms with Crippen molar-refractivity contribution in [1.82, 2.24) is 9.97 Å². The molecular weight excluding hydrogens is 248 g/mol. The molecule has 0 bridgehead atoms. The molecule has 1 N–H and O–H groups in total. The smallest absolute Gasteiger partial charge is 0.329 e. The Morgan fingerprint density at radius 2 is 1.67 bits per heavy atom. The molecule has 0 atom stereocenters. The van der Waals surface area contributed by atoms with Crippen LogP contribution in [0.1, 0.15) is 0 Å². The molecule has 15 heavy (non-hydrogen) atoms. The van der Waals surface area contributed by atoms with E-state index >= 15 is 0 Å². The van der Waals surface area contributed by atoms with Crippen molar-refractivity contribution in [2.24, 2.45) is 4.36 Å². The zero-order valence-corrected chi connectivity index (χ0v) is 7.54. The van der Waals surface area contributed by atoms with Crippen molar-refractivity contribution in [2.45, 2.75) is 11.0 Å². The summed E-state index contributed by atoms with van der Waals surface area (Å²) in [6.45, 7) is 0. The highest BCUT2D eigenvalue weighted by Gasteiger charge is 2.52. The van der Waals surface area contributed by atoms with Crippen LogP contribution in [0.15, 0.2) is 16.8 Å². The summed E-state index contributed by atoms with van der Waals surface area (Å²) in [5, 5.41) is 0. The summed E-state index contributed by atoms with van der Waals surface area (Å²) >= 11 is 0. The first-order chi connectivity index (χ1) is 6.71. The standard InChI is InChI=1S/C5H3F6N3S/c6-4(7,8)15(5(9,10)11)14-3-12-1-2-13-3/h1-2H,(H,12,13). The van der Waals surface area contributed by atoms with E-state index in [0.29, 0.717) is 0 Å². The molecule has 0 radical (unpaired) electrons. The predicted molar refractivity (Wildman–Crippen MR) is 40.2 cm³/mol. The molecule has 86 valence electrons. The van der Waals surface area contributed by atoms with Crippen LogP contribution >= 0.6 is 0 Å². The Morgan fingerprint density at radius 3 is 2.00 bits per heavy atom. The Labute approximate surface area is 81.6 Å². The lowest BCUT2D eigenvalue weighted by atomic mass is 11.0. The van der Waals surface area contributed by atoms with Crippen LogP contribution in [0.3, 0.4) is 0 Å². The summed E-state index contributed by atoms with van der Waals surface area (Å²) in [5.74, 6) is -0.701. The number of nitrogens with one attached hydrogen (secondary N) is 1. The summed E-state index contributed by atoms with van der Waals surface area (Å²) in [6.07, 6.45) is 2.08. The maximum absolute atomic E-state index is 12.0. The average molecular weight is 251 g/mol. The lowest BCUT2D eigenvalue weighted by Crippen LogP contribution is -2.29. The molecule has 0 aromatic carbocycles. The zero-order chi connectivity index (χ0) is 11.7. The highest BCUT2D eigenvalue weighted by atomic mass is 32.2. The van der Waals surface area contributed by atoms with Gasteiger partial charge in [-0.1, -0.05) is 0 Å². The number of aromatic amines is 1. The molecule has 1 aromatic heterocycles. The molecular formula is C5H3F6N3S. The molecule has 0 aliphatic carbocycles. The quantitative estimate of drug-likeness (QED) is 0.766. The van der Waals surface area contributed by atoms with Crippen LogP contribution in [0.2, 0.25) is 0 Å². The Hall–Kier alpha value is -1.06. The van der Waals surface area contributed by atoms with Crippen LogP contribution in [0.4, 0.5) is 32.3 Å². The second kappa shape index (κ2) is 3.83. The Bertz CT molecular complexity index is 334. The lowest BCUT2D eigenvalue weighted by molar-refractivity contribution is -0.0748. The number of rotatable bonds is 1. The van der Waals surface area contributed by atoms with Crippen molar-refractivity contribution in [2.75, 3.05) is 0 Å². The molecule has 3 nitrogen and oxygen atoms in total. The SMILES string of the molecule is FC(F)(F)S(=Nc1ncc[nH]1)C(F)(F)F. The summed E-state index contributed by atoms with van der Waals surface area (Å²) in [7, 11) is -4.06. The fraction of sp³-hybridized carbons (Fsp3) is 0.400. The second-order valence-corrected chi connectivity index (χ2v) is 3.86. The lowest BCUT2D eigenvalue weighted by Gasteiger charge is -2.13. The van der Waals surface area contributed by atoms with E-state index < -0.39 is 27.7 Å². The van der Waals surface area contributed by atoms with Gasteiger partial charge in [-0.2, -0.15) is 30.7 Å². The fourth-order valence-corrected chi connectivity index (χ4v) is 1.37. The van der Waals surface area contributed by atoms with Crippen LogP contribution < -0.4 is 0 Å². The number of hydrogen-bond donors (Lipinski definition) is 1. The van der Waals surface area contributed by atoms with Crippen molar-refractivity contribution in [3.8, 4) is 0 Å². The van der Waals surface area contributed by atoms with Crippen LogP contribution in [-0.4, -0.2) is 21.0 Å². The molecule has 0 saturated carbocycles. The normalized spacial score (nSPS) is 13.3. The molecule has 1 aromatic rings. The third kappa shape index (κ3) is 3.22. The molecule has 1 heterocycles. The van der Waals surface area contributed by atoms with E-state index in [1.54, 1.807) is 0 Å². The van der Waals surface area contributed by atoms with E-state index in [1.807, 2.05) is 4.98 Å². The monoisotopic (exact) mass is 251 g/mol. The Balaban J connectivity index is 3.14. The van der Waals surface area contributed by atoms with Crippen LogP contribution in [0, 0.1) is 0 Å². The van der Waals surface area contributed by atoms with Gasteiger partial charge in [-0.15, -0.1) is 0 Å². The molecule has 0 aliphatic rings.